The van der Waals surface area contributed by atoms with Gasteiger partial charge in [0.05, 0.1) is 6.61 Å². The van der Waals surface area contributed by atoms with Crippen molar-refractivity contribution in [3.8, 4) is 5.75 Å². The first-order valence-electron chi connectivity index (χ1n) is 6.15. The van der Waals surface area contributed by atoms with E-state index in [-0.39, 0.29) is 0 Å². The first kappa shape index (κ1) is 12.4. The number of ether oxygens (including phenoxy) is 1. The van der Waals surface area contributed by atoms with E-state index >= 15 is 0 Å². The maximum atomic E-state index is 5.87. The molecule has 3 N–H and O–H groups in total. The van der Waals surface area contributed by atoms with Gasteiger partial charge in [-0.15, -0.1) is 0 Å². The molecule has 0 spiro atoms. The molecular weight excluding hydrogens is 232 g/mol. The van der Waals surface area contributed by atoms with Crippen LogP contribution < -0.4 is 15.8 Å². The van der Waals surface area contributed by atoms with Crippen molar-refractivity contribution < 1.29 is 4.74 Å². The first-order valence-corrected chi connectivity index (χ1v) is 7.31. The maximum Gasteiger partial charge on any atom is 0.123 e. The van der Waals surface area contributed by atoms with Gasteiger partial charge in [0.2, 0.25) is 0 Å². The van der Waals surface area contributed by atoms with Crippen molar-refractivity contribution in [2.24, 2.45) is 0 Å². The molecular formula is C13H20N2OS. The van der Waals surface area contributed by atoms with Crippen LogP contribution in [0.25, 0.3) is 0 Å². The minimum Gasteiger partial charge on any atom is -0.494 e. The number of hydrogen-bond acceptors (Lipinski definition) is 4. The van der Waals surface area contributed by atoms with Crippen LogP contribution in [0.15, 0.2) is 18.2 Å². The van der Waals surface area contributed by atoms with Gasteiger partial charge in [0, 0.05) is 29.5 Å². The number of rotatable bonds is 4. The Morgan fingerprint density at radius 2 is 2.12 bits per heavy atom. The zero-order chi connectivity index (χ0) is 12.1. The average Bonchev–Trinajstić information content (AvgIpc) is 2.30. The SMILES string of the molecule is CCOc1cc(N)cc(NC2CCSCC2)c1. The quantitative estimate of drug-likeness (QED) is 0.809. The molecule has 0 unspecified atom stereocenters. The van der Waals surface area contributed by atoms with Crippen molar-refractivity contribution in [3.05, 3.63) is 18.2 Å². The largest absolute Gasteiger partial charge is 0.494 e. The molecule has 0 bridgehead atoms. The molecule has 1 fully saturated rings. The minimum absolute atomic E-state index is 0.576. The highest BCUT2D eigenvalue weighted by atomic mass is 32.2. The fourth-order valence-corrected chi connectivity index (χ4v) is 3.14. The summed E-state index contributed by atoms with van der Waals surface area (Å²) in [5.41, 5.74) is 7.70. The number of nitrogen functional groups attached to an aromatic ring is 1. The lowest BCUT2D eigenvalue weighted by molar-refractivity contribution is 0.340. The van der Waals surface area contributed by atoms with Gasteiger partial charge in [-0.2, -0.15) is 11.8 Å². The van der Waals surface area contributed by atoms with Crippen LogP contribution in [0.4, 0.5) is 11.4 Å². The van der Waals surface area contributed by atoms with E-state index in [1.807, 2.05) is 36.9 Å². The van der Waals surface area contributed by atoms with E-state index in [0.717, 1.165) is 17.1 Å². The van der Waals surface area contributed by atoms with Gasteiger partial charge in [-0.3, -0.25) is 0 Å². The Kier molecular flexibility index (Phi) is 4.42. The predicted octanol–water partition coefficient (Wildman–Crippen LogP) is 2.98. The fraction of sp³-hybridized carbons (Fsp3) is 0.538. The molecule has 2 rings (SSSR count). The van der Waals surface area contributed by atoms with E-state index < -0.39 is 0 Å². The van der Waals surface area contributed by atoms with E-state index in [0.29, 0.717) is 12.6 Å². The minimum atomic E-state index is 0.576. The second kappa shape index (κ2) is 6.05. The van der Waals surface area contributed by atoms with Gasteiger partial charge in [-0.05, 0) is 37.3 Å². The third-order valence-corrected chi connectivity index (χ3v) is 3.88. The summed E-state index contributed by atoms with van der Waals surface area (Å²) in [6.07, 6.45) is 2.45. The fourth-order valence-electron chi connectivity index (χ4n) is 2.03. The van der Waals surface area contributed by atoms with Crippen molar-refractivity contribution in [1.29, 1.82) is 0 Å². The van der Waals surface area contributed by atoms with Crippen LogP contribution in [0.2, 0.25) is 0 Å². The van der Waals surface area contributed by atoms with Crippen molar-refractivity contribution >= 4 is 23.1 Å². The van der Waals surface area contributed by atoms with Crippen LogP contribution in [0.5, 0.6) is 5.75 Å². The third-order valence-electron chi connectivity index (χ3n) is 2.83. The topological polar surface area (TPSA) is 47.3 Å². The normalized spacial score (nSPS) is 16.8. The van der Waals surface area contributed by atoms with E-state index in [4.69, 9.17) is 10.5 Å². The number of nitrogens with one attached hydrogen (secondary N) is 1. The molecule has 0 saturated carbocycles. The van der Waals surface area contributed by atoms with E-state index in [1.165, 1.54) is 24.3 Å². The molecule has 0 atom stereocenters. The molecule has 1 aliphatic heterocycles. The monoisotopic (exact) mass is 252 g/mol. The Labute approximate surface area is 107 Å². The molecule has 1 aromatic carbocycles. The molecule has 1 aromatic rings. The Hall–Kier alpha value is -1.03. The van der Waals surface area contributed by atoms with Gasteiger partial charge >= 0.3 is 0 Å². The summed E-state index contributed by atoms with van der Waals surface area (Å²) in [4.78, 5) is 0. The standard InChI is InChI=1S/C13H20N2OS/c1-2-16-13-8-10(14)7-12(9-13)15-11-3-5-17-6-4-11/h7-9,11,15H,2-6,14H2,1H3. The summed E-state index contributed by atoms with van der Waals surface area (Å²) in [5.74, 6) is 3.34. The summed E-state index contributed by atoms with van der Waals surface area (Å²) in [6, 6.07) is 6.45. The summed E-state index contributed by atoms with van der Waals surface area (Å²) in [5, 5.41) is 3.55. The molecule has 4 heteroatoms. The van der Waals surface area contributed by atoms with Gasteiger partial charge in [-0.25, -0.2) is 0 Å². The third kappa shape index (κ3) is 3.73. The Bertz CT molecular complexity index is 364. The summed E-state index contributed by atoms with van der Waals surface area (Å²) >= 11 is 2.03. The second-order valence-corrected chi connectivity index (χ2v) is 5.48. The van der Waals surface area contributed by atoms with Gasteiger partial charge < -0.3 is 15.8 Å². The molecule has 1 aliphatic rings. The lowest BCUT2D eigenvalue weighted by Crippen LogP contribution is -2.24. The second-order valence-electron chi connectivity index (χ2n) is 4.25. The Balaban J connectivity index is 2.03. The smallest absolute Gasteiger partial charge is 0.123 e. The number of thioether (sulfide) groups is 1. The highest BCUT2D eigenvalue weighted by molar-refractivity contribution is 7.99. The van der Waals surface area contributed by atoms with Crippen LogP contribution in [-0.4, -0.2) is 24.2 Å². The molecule has 1 heterocycles. The molecule has 0 aliphatic carbocycles. The van der Waals surface area contributed by atoms with Crippen LogP contribution in [-0.2, 0) is 0 Å². The van der Waals surface area contributed by atoms with Crippen LogP contribution in [0, 0.1) is 0 Å². The van der Waals surface area contributed by atoms with E-state index in [9.17, 15) is 0 Å². The Morgan fingerprint density at radius 3 is 2.82 bits per heavy atom. The van der Waals surface area contributed by atoms with Crippen molar-refractivity contribution in [2.45, 2.75) is 25.8 Å². The number of nitrogens with two attached hydrogens (primary N) is 1. The zero-order valence-electron chi connectivity index (χ0n) is 10.2. The van der Waals surface area contributed by atoms with Gasteiger partial charge in [0.1, 0.15) is 5.75 Å². The maximum absolute atomic E-state index is 5.87. The molecule has 0 amide bonds. The predicted molar refractivity (Wildman–Crippen MR) is 76.0 cm³/mol. The number of benzene rings is 1. The highest BCUT2D eigenvalue weighted by Gasteiger charge is 2.13. The molecule has 3 nitrogen and oxygen atoms in total. The average molecular weight is 252 g/mol. The summed E-state index contributed by atoms with van der Waals surface area (Å²) < 4.78 is 5.49. The molecule has 17 heavy (non-hydrogen) atoms. The summed E-state index contributed by atoms with van der Waals surface area (Å²) in [6.45, 7) is 2.65. The van der Waals surface area contributed by atoms with Crippen molar-refractivity contribution in [2.75, 3.05) is 29.2 Å². The van der Waals surface area contributed by atoms with Crippen LogP contribution in [0.3, 0.4) is 0 Å². The molecule has 94 valence electrons. The molecule has 1 saturated heterocycles. The van der Waals surface area contributed by atoms with Crippen molar-refractivity contribution in [1.82, 2.24) is 0 Å². The number of anilines is 2. The molecule has 0 aromatic heterocycles. The lowest BCUT2D eigenvalue weighted by Gasteiger charge is -2.24. The van der Waals surface area contributed by atoms with Crippen LogP contribution in [0.1, 0.15) is 19.8 Å². The first-order chi connectivity index (χ1) is 8.28. The summed E-state index contributed by atoms with van der Waals surface area (Å²) in [7, 11) is 0. The van der Waals surface area contributed by atoms with E-state index in [1.54, 1.807) is 0 Å². The van der Waals surface area contributed by atoms with Gasteiger partial charge in [0.25, 0.3) is 0 Å². The number of hydrogen-bond donors (Lipinski definition) is 2. The zero-order valence-corrected chi connectivity index (χ0v) is 11.1. The highest BCUT2D eigenvalue weighted by Crippen LogP contribution is 2.26. The Morgan fingerprint density at radius 1 is 1.35 bits per heavy atom. The molecule has 0 radical (unpaired) electrons. The lowest BCUT2D eigenvalue weighted by atomic mass is 10.1. The van der Waals surface area contributed by atoms with E-state index in [2.05, 4.69) is 5.32 Å². The van der Waals surface area contributed by atoms with Crippen LogP contribution >= 0.6 is 11.8 Å². The van der Waals surface area contributed by atoms with Crippen molar-refractivity contribution in [3.63, 3.8) is 0 Å². The van der Waals surface area contributed by atoms with Gasteiger partial charge in [0.15, 0.2) is 0 Å². The van der Waals surface area contributed by atoms with Gasteiger partial charge in [-0.1, -0.05) is 0 Å².